The Morgan fingerprint density at radius 3 is 2.73 bits per heavy atom. The molecular formula is C14H16BrClN2O2S2. The number of rotatable bonds is 3. The number of nitrogen functional groups attached to an aromatic ring is 1. The molecule has 1 aromatic carbocycles. The number of sulfonamides is 1. The number of thiophene rings is 1. The van der Waals surface area contributed by atoms with Gasteiger partial charge in [0.2, 0.25) is 0 Å². The second-order valence-corrected chi connectivity index (χ2v) is 9.49. The molecule has 2 aromatic rings. The monoisotopic (exact) mass is 422 g/mol. The summed E-state index contributed by atoms with van der Waals surface area (Å²) in [5.74, 6) is 0. The Labute approximate surface area is 148 Å². The van der Waals surface area contributed by atoms with Gasteiger partial charge < -0.3 is 5.73 Å². The Balaban J connectivity index is 0.00000176. The molecule has 1 aromatic heterocycles. The molecule has 8 heteroatoms. The quantitative estimate of drug-likeness (QED) is 0.736. The first-order valence-electron chi connectivity index (χ1n) is 6.62. The van der Waals surface area contributed by atoms with E-state index in [4.69, 9.17) is 5.73 Å². The molecule has 3 N–H and O–H groups in total. The van der Waals surface area contributed by atoms with Gasteiger partial charge in [-0.2, -0.15) is 0 Å². The summed E-state index contributed by atoms with van der Waals surface area (Å²) in [6.07, 6.45) is 2.71. The van der Waals surface area contributed by atoms with Crippen LogP contribution in [-0.4, -0.2) is 8.42 Å². The van der Waals surface area contributed by atoms with E-state index in [0.29, 0.717) is 4.21 Å². The average Bonchev–Trinajstić information content (AvgIpc) is 2.86. The van der Waals surface area contributed by atoms with Crippen LogP contribution in [0, 0.1) is 0 Å². The van der Waals surface area contributed by atoms with Gasteiger partial charge in [0.25, 0.3) is 10.0 Å². The van der Waals surface area contributed by atoms with Gasteiger partial charge in [-0.25, -0.2) is 13.1 Å². The maximum atomic E-state index is 12.4. The zero-order chi connectivity index (χ0) is 15.0. The summed E-state index contributed by atoms with van der Waals surface area (Å²) in [4.78, 5) is 0. The zero-order valence-corrected chi connectivity index (χ0v) is 15.6. The molecule has 0 spiro atoms. The fourth-order valence-corrected chi connectivity index (χ4v) is 5.92. The van der Waals surface area contributed by atoms with E-state index >= 15 is 0 Å². The Morgan fingerprint density at radius 2 is 2.05 bits per heavy atom. The maximum absolute atomic E-state index is 12.4. The molecular weight excluding hydrogens is 408 g/mol. The molecule has 4 nitrogen and oxygen atoms in total. The van der Waals surface area contributed by atoms with E-state index in [2.05, 4.69) is 20.7 Å². The van der Waals surface area contributed by atoms with Crippen molar-refractivity contribution in [2.75, 3.05) is 5.73 Å². The van der Waals surface area contributed by atoms with Gasteiger partial charge in [0, 0.05) is 11.7 Å². The molecule has 22 heavy (non-hydrogen) atoms. The summed E-state index contributed by atoms with van der Waals surface area (Å²) in [5.41, 5.74) is 8.70. The molecule has 1 aliphatic rings. The van der Waals surface area contributed by atoms with Crippen LogP contribution >= 0.6 is 39.7 Å². The van der Waals surface area contributed by atoms with Gasteiger partial charge in [0.05, 0.1) is 3.79 Å². The molecule has 1 unspecified atom stereocenters. The SMILES string of the molecule is Cl.Nc1ccc2c(c1)CCCC2NS(=O)(=O)c1ccc(Br)s1. The largest absolute Gasteiger partial charge is 0.399 e. The lowest BCUT2D eigenvalue weighted by Crippen LogP contribution is -2.30. The topological polar surface area (TPSA) is 72.2 Å². The van der Waals surface area contributed by atoms with E-state index in [-0.39, 0.29) is 18.4 Å². The van der Waals surface area contributed by atoms with E-state index in [1.165, 1.54) is 11.3 Å². The van der Waals surface area contributed by atoms with Crippen molar-refractivity contribution >= 4 is 55.4 Å². The average molecular weight is 424 g/mol. The lowest BCUT2D eigenvalue weighted by atomic mass is 9.88. The van der Waals surface area contributed by atoms with Gasteiger partial charge in [-0.05, 0) is 70.6 Å². The Morgan fingerprint density at radius 1 is 1.27 bits per heavy atom. The molecule has 3 rings (SSSR count). The van der Waals surface area contributed by atoms with Gasteiger partial charge >= 0.3 is 0 Å². The third kappa shape index (κ3) is 3.65. The van der Waals surface area contributed by atoms with Crippen LogP contribution in [0.4, 0.5) is 5.69 Å². The van der Waals surface area contributed by atoms with Crippen LogP contribution in [0.5, 0.6) is 0 Å². The van der Waals surface area contributed by atoms with Crippen molar-refractivity contribution in [1.82, 2.24) is 4.72 Å². The van der Waals surface area contributed by atoms with E-state index in [1.54, 1.807) is 12.1 Å². The number of nitrogens with one attached hydrogen (secondary N) is 1. The Bertz CT molecular complexity index is 777. The van der Waals surface area contributed by atoms with Crippen LogP contribution in [0.1, 0.15) is 30.0 Å². The fraction of sp³-hybridized carbons (Fsp3) is 0.286. The molecule has 0 radical (unpaired) electrons. The second kappa shape index (κ2) is 6.88. The van der Waals surface area contributed by atoms with Crippen molar-refractivity contribution in [3.05, 3.63) is 45.2 Å². The number of hydrogen-bond acceptors (Lipinski definition) is 4. The van der Waals surface area contributed by atoms with Gasteiger partial charge in [0.15, 0.2) is 0 Å². The molecule has 0 amide bonds. The van der Waals surface area contributed by atoms with Crippen LogP contribution in [-0.2, 0) is 16.4 Å². The van der Waals surface area contributed by atoms with Gasteiger partial charge in [-0.3, -0.25) is 0 Å². The molecule has 0 saturated carbocycles. The first kappa shape index (κ1) is 17.7. The highest BCUT2D eigenvalue weighted by molar-refractivity contribution is 9.11. The molecule has 0 aliphatic heterocycles. The third-order valence-corrected chi connectivity index (χ3v) is 7.18. The number of benzene rings is 1. The van der Waals surface area contributed by atoms with Gasteiger partial charge in [0.1, 0.15) is 4.21 Å². The zero-order valence-electron chi connectivity index (χ0n) is 11.6. The standard InChI is InChI=1S/C14H15BrN2O2S2.ClH/c15-13-6-7-14(20-13)21(18,19)17-12-3-1-2-9-8-10(16)4-5-11(9)12;/h4-8,12,17H,1-3,16H2;1H. The molecule has 0 saturated heterocycles. The fourth-order valence-electron chi connectivity index (χ4n) is 2.64. The lowest BCUT2D eigenvalue weighted by molar-refractivity contribution is 0.508. The number of hydrogen-bond donors (Lipinski definition) is 2. The highest BCUT2D eigenvalue weighted by Gasteiger charge is 2.26. The van der Waals surface area contributed by atoms with Crippen LogP contribution in [0.2, 0.25) is 0 Å². The van der Waals surface area contributed by atoms with Crippen LogP contribution in [0.25, 0.3) is 0 Å². The van der Waals surface area contributed by atoms with Crippen molar-refractivity contribution < 1.29 is 8.42 Å². The third-order valence-electron chi connectivity index (χ3n) is 3.59. The second-order valence-electron chi connectivity index (χ2n) is 5.08. The minimum atomic E-state index is -3.48. The summed E-state index contributed by atoms with van der Waals surface area (Å²) in [5, 5.41) is 0. The molecule has 120 valence electrons. The number of anilines is 1. The number of aryl methyl sites for hydroxylation is 1. The van der Waals surface area contributed by atoms with Crippen LogP contribution in [0.15, 0.2) is 38.3 Å². The molecule has 1 atom stereocenters. The van der Waals surface area contributed by atoms with E-state index in [1.807, 2.05) is 18.2 Å². The van der Waals surface area contributed by atoms with Gasteiger partial charge in [-0.1, -0.05) is 6.07 Å². The molecule has 1 heterocycles. The molecule has 1 aliphatic carbocycles. The first-order valence-corrected chi connectivity index (χ1v) is 9.71. The van der Waals surface area contributed by atoms with Crippen molar-refractivity contribution in [1.29, 1.82) is 0 Å². The number of nitrogens with two attached hydrogens (primary N) is 1. The molecule has 0 bridgehead atoms. The lowest BCUT2D eigenvalue weighted by Gasteiger charge is -2.26. The summed E-state index contributed by atoms with van der Waals surface area (Å²) >= 11 is 4.51. The first-order chi connectivity index (χ1) is 9.95. The van der Waals surface area contributed by atoms with E-state index in [9.17, 15) is 8.42 Å². The Kier molecular flexibility index (Phi) is 5.55. The van der Waals surface area contributed by atoms with Crippen molar-refractivity contribution in [3.63, 3.8) is 0 Å². The maximum Gasteiger partial charge on any atom is 0.250 e. The minimum absolute atomic E-state index is 0. The van der Waals surface area contributed by atoms with Crippen molar-refractivity contribution in [3.8, 4) is 0 Å². The highest BCUT2D eigenvalue weighted by atomic mass is 79.9. The smallest absolute Gasteiger partial charge is 0.250 e. The van der Waals surface area contributed by atoms with E-state index < -0.39 is 10.0 Å². The predicted molar refractivity (Wildman–Crippen MR) is 96.1 cm³/mol. The number of fused-ring (bicyclic) bond motifs is 1. The highest BCUT2D eigenvalue weighted by Crippen LogP contribution is 2.33. The van der Waals surface area contributed by atoms with Crippen LogP contribution < -0.4 is 10.5 Å². The minimum Gasteiger partial charge on any atom is -0.399 e. The Hall–Kier alpha value is -0.600. The normalized spacial score (nSPS) is 17.6. The summed E-state index contributed by atoms with van der Waals surface area (Å²) < 4.78 is 28.8. The van der Waals surface area contributed by atoms with Crippen molar-refractivity contribution in [2.45, 2.75) is 29.5 Å². The van der Waals surface area contributed by atoms with Crippen LogP contribution in [0.3, 0.4) is 0 Å². The number of halogens is 2. The molecule has 0 fully saturated rings. The van der Waals surface area contributed by atoms with Gasteiger partial charge in [-0.15, -0.1) is 23.7 Å². The summed E-state index contributed by atoms with van der Waals surface area (Å²) in [7, 11) is -3.48. The summed E-state index contributed by atoms with van der Waals surface area (Å²) in [6, 6.07) is 8.88. The van der Waals surface area contributed by atoms with E-state index in [0.717, 1.165) is 39.9 Å². The predicted octanol–water partition coefficient (Wildman–Crippen LogP) is 3.87. The summed E-state index contributed by atoms with van der Waals surface area (Å²) in [6.45, 7) is 0. The van der Waals surface area contributed by atoms with Crippen molar-refractivity contribution in [2.24, 2.45) is 0 Å².